The predicted molar refractivity (Wildman–Crippen MR) is 114 cm³/mol. The van der Waals surface area contributed by atoms with Gasteiger partial charge in [0.05, 0.1) is 28.3 Å². The molecule has 0 bridgehead atoms. The monoisotopic (exact) mass is 495 g/mol. The number of halogens is 1. The van der Waals surface area contributed by atoms with Crippen LogP contribution in [0.25, 0.3) is 10.2 Å². The number of carbonyl (C=O) groups is 1. The van der Waals surface area contributed by atoms with Crippen molar-refractivity contribution in [3.8, 4) is 0 Å². The number of sulfonamides is 1. The number of nitrogens with zero attached hydrogens (tertiary/aromatic N) is 3. The van der Waals surface area contributed by atoms with Crippen LogP contribution in [0.4, 0.5) is 0 Å². The molecule has 0 aliphatic carbocycles. The molecule has 7 nitrogen and oxygen atoms in total. The molecule has 10 heteroatoms. The van der Waals surface area contributed by atoms with Gasteiger partial charge in [-0.3, -0.25) is 4.79 Å². The minimum atomic E-state index is -3.59. The van der Waals surface area contributed by atoms with Crippen molar-refractivity contribution in [3.63, 3.8) is 0 Å². The van der Waals surface area contributed by atoms with Crippen molar-refractivity contribution in [1.29, 1.82) is 0 Å². The normalized spacial score (nSPS) is 16.4. The second kappa shape index (κ2) is 8.11. The van der Waals surface area contributed by atoms with Gasteiger partial charge in [-0.25, -0.2) is 8.42 Å². The number of aryl methyl sites for hydroxylation is 1. The van der Waals surface area contributed by atoms with Crippen LogP contribution in [0.15, 0.2) is 56.8 Å². The van der Waals surface area contributed by atoms with Gasteiger partial charge in [-0.15, -0.1) is 0 Å². The van der Waals surface area contributed by atoms with Crippen molar-refractivity contribution in [2.75, 3.05) is 26.3 Å². The molecule has 0 saturated carbocycles. The second-order valence-corrected chi connectivity index (χ2v) is 10.4. The number of thiazole rings is 1. The Bertz CT molecular complexity index is 1240. The molecular formula is C19H18BrN3O4S2. The number of hydrogen-bond acceptors (Lipinski definition) is 5. The maximum Gasteiger partial charge on any atom is 0.279 e. The zero-order chi connectivity index (χ0) is 20.6. The summed E-state index contributed by atoms with van der Waals surface area (Å²) in [6.45, 7) is 1.43. The maximum atomic E-state index is 12.7. The Kier molecular flexibility index (Phi) is 5.71. The lowest BCUT2D eigenvalue weighted by Crippen LogP contribution is -2.40. The van der Waals surface area contributed by atoms with Crippen LogP contribution >= 0.6 is 27.3 Å². The Balaban J connectivity index is 1.62. The molecule has 1 amide bonds. The molecule has 3 aromatic rings. The highest BCUT2D eigenvalue weighted by molar-refractivity contribution is 9.10. The van der Waals surface area contributed by atoms with Crippen LogP contribution < -0.4 is 4.80 Å². The number of amides is 1. The van der Waals surface area contributed by atoms with E-state index < -0.39 is 15.9 Å². The fraction of sp³-hybridized carbons (Fsp3) is 0.263. The van der Waals surface area contributed by atoms with E-state index in [-0.39, 0.29) is 4.90 Å². The molecule has 1 aromatic heterocycles. The summed E-state index contributed by atoms with van der Waals surface area (Å²) in [5.74, 6) is -0.415. The zero-order valence-corrected chi connectivity index (χ0v) is 18.8. The number of benzene rings is 2. The first-order valence-electron chi connectivity index (χ1n) is 8.88. The van der Waals surface area contributed by atoms with Crippen LogP contribution in [0, 0.1) is 0 Å². The van der Waals surface area contributed by atoms with E-state index in [4.69, 9.17) is 4.74 Å². The van der Waals surface area contributed by atoms with Crippen molar-refractivity contribution in [2.45, 2.75) is 4.90 Å². The zero-order valence-electron chi connectivity index (χ0n) is 15.5. The van der Waals surface area contributed by atoms with E-state index in [2.05, 4.69) is 20.9 Å². The molecule has 1 aliphatic heterocycles. The van der Waals surface area contributed by atoms with Crippen molar-refractivity contribution in [2.24, 2.45) is 12.0 Å². The van der Waals surface area contributed by atoms with Crippen molar-refractivity contribution in [3.05, 3.63) is 57.3 Å². The van der Waals surface area contributed by atoms with Gasteiger partial charge in [0.2, 0.25) is 10.0 Å². The Labute approximate surface area is 180 Å². The maximum absolute atomic E-state index is 12.7. The molecule has 0 spiro atoms. The molecule has 1 fully saturated rings. The molecule has 1 aliphatic rings. The minimum Gasteiger partial charge on any atom is -0.379 e. The first kappa shape index (κ1) is 20.4. The largest absolute Gasteiger partial charge is 0.379 e. The third-order valence-corrected chi connectivity index (χ3v) is 8.18. The Morgan fingerprint density at radius 3 is 2.52 bits per heavy atom. The number of morpholine rings is 1. The summed E-state index contributed by atoms with van der Waals surface area (Å²) in [6.07, 6.45) is 0. The minimum absolute atomic E-state index is 0.160. The van der Waals surface area contributed by atoms with Gasteiger partial charge in [-0.2, -0.15) is 9.30 Å². The van der Waals surface area contributed by atoms with Crippen LogP contribution in [0.5, 0.6) is 0 Å². The van der Waals surface area contributed by atoms with Gasteiger partial charge in [-0.05, 0) is 42.5 Å². The summed E-state index contributed by atoms with van der Waals surface area (Å²) in [7, 11) is -1.73. The fourth-order valence-electron chi connectivity index (χ4n) is 3.07. The highest BCUT2D eigenvalue weighted by Gasteiger charge is 2.26. The Hall–Kier alpha value is -1.85. The number of aromatic nitrogens is 1. The standard InChI is InChI=1S/C19H18BrN3O4S2/c1-22-16-7-4-14(20)12-17(16)28-19(22)21-18(24)13-2-5-15(6-3-13)29(25,26)23-8-10-27-11-9-23/h2-7,12H,8-11H2,1H3. The summed E-state index contributed by atoms with van der Waals surface area (Å²) in [6, 6.07) is 11.8. The van der Waals surface area contributed by atoms with Crippen LogP contribution in [0.1, 0.15) is 10.4 Å². The van der Waals surface area contributed by atoms with Crippen molar-refractivity contribution < 1.29 is 17.9 Å². The lowest BCUT2D eigenvalue weighted by atomic mass is 10.2. The number of carbonyl (C=O) groups excluding carboxylic acids is 1. The molecule has 0 unspecified atom stereocenters. The summed E-state index contributed by atoms with van der Waals surface area (Å²) >= 11 is 4.86. The molecule has 1 saturated heterocycles. The lowest BCUT2D eigenvalue weighted by molar-refractivity contribution is 0.0730. The SMILES string of the molecule is Cn1c(=NC(=O)c2ccc(S(=O)(=O)N3CCOCC3)cc2)sc2cc(Br)ccc21. The first-order chi connectivity index (χ1) is 13.9. The van der Waals surface area contributed by atoms with E-state index in [1.165, 1.54) is 39.9 Å². The second-order valence-electron chi connectivity index (χ2n) is 6.51. The average Bonchev–Trinajstić information content (AvgIpc) is 3.03. The smallest absolute Gasteiger partial charge is 0.279 e. The van der Waals surface area contributed by atoms with E-state index >= 15 is 0 Å². The quantitative estimate of drug-likeness (QED) is 0.559. The van der Waals surface area contributed by atoms with Crippen LogP contribution in [-0.4, -0.2) is 49.5 Å². The molecule has 152 valence electrons. The van der Waals surface area contributed by atoms with Gasteiger partial charge in [0, 0.05) is 30.2 Å². The van der Waals surface area contributed by atoms with Gasteiger partial charge in [0.15, 0.2) is 4.80 Å². The Morgan fingerprint density at radius 2 is 1.83 bits per heavy atom. The van der Waals surface area contributed by atoms with Crippen molar-refractivity contribution in [1.82, 2.24) is 8.87 Å². The van der Waals surface area contributed by atoms with Gasteiger partial charge < -0.3 is 9.30 Å². The van der Waals surface area contributed by atoms with Crippen LogP contribution in [0.2, 0.25) is 0 Å². The fourth-order valence-corrected chi connectivity index (χ4v) is 6.05. The van der Waals surface area contributed by atoms with Gasteiger partial charge >= 0.3 is 0 Å². The van der Waals surface area contributed by atoms with E-state index in [0.717, 1.165) is 14.7 Å². The summed E-state index contributed by atoms with van der Waals surface area (Å²) in [5.41, 5.74) is 1.32. The van der Waals surface area contributed by atoms with Crippen molar-refractivity contribution >= 4 is 53.4 Å². The molecule has 4 rings (SSSR count). The van der Waals surface area contributed by atoms with Crippen LogP contribution in [0.3, 0.4) is 0 Å². The Morgan fingerprint density at radius 1 is 1.14 bits per heavy atom. The summed E-state index contributed by atoms with van der Waals surface area (Å²) in [4.78, 5) is 17.6. The third kappa shape index (κ3) is 4.08. The summed E-state index contributed by atoms with van der Waals surface area (Å²) in [5, 5.41) is 0. The van der Waals surface area contributed by atoms with E-state index in [9.17, 15) is 13.2 Å². The third-order valence-electron chi connectivity index (χ3n) is 4.68. The number of rotatable bonds is 3. The molecule has 2 aromatic carbocycles. The first-order valence-corrected chi connectivity index (χ1v) is 11.9. The highest BCUT2D eigenvalue weighted by atomic mass is 79.9. The van der Waals surface area contributed by atoms with E-state index in [1.807, 2.05) is 29.8 Å². The topological polar surface area (TPSA) is 81.0 Å². The molecule has 0 atom stereocenters. The van der Waals surface area contributed by atoms with Gasteiger partial charge in [0.1, 0.15) is 0 Å². The molecule has 0 radical (unpaired) electrons. The predicted octanol–water partition coefficient (Wildman–Crippen LogP) is 2.76. The van der Waals surface area contributed by atoms with Gasteiger partial charge in [-0.1, -0.05) is 27.3 Å². The highest BCUT2D eigenvalue weighted by Crippen LogP contribution is 2.22. The number of hydrogen-bond donors (Lipinski definition) is 0. The van der Waals surface area contributed by atoms with Crippen LogP contribution in [-0.2, 0) is 21.8 Å². The number of ether oxygens (including phenoxy) is 1. The lowest BCUT2D eigenvalue weighted by Gasteiger charge is -2.26. The van der Waals surface area contributed by atoms with E-state index in [0.29, 0.717) is 36.7 Å². The number of fused-ring (bicyclic) bond motifs is 1. The van der Waals surface area contributed by atoms with Gasteiger partial charge in [0.25, 0.3) is 5.91 Å². The summed E-state index contributed by atoms with van der Waals surface area (Å²) < 4.78 is 35.8. The molecular weight excluding hydrogens is 478 g/mol. The average molecular weight is 496 g/mol. The molecule has 2 heterocycles. The molecule has 29 heavy (non-hydrogen) atoms. The van der Waals surface area contributed by atoms with E-state index in [1.54, 1.807) is 0 Å². The molecule has 0 N–H and O–H groups in total.